The molecule has 7 nitrogen and oxygen atoms in total. The van der Waals surface area contributed by atoms with Crippen LogP contribution in [-0.4, -0.2) is 61.7 Å². The zero-order chi connectivity index (χ0) is 11.5. The van der Waals surface area contributed by atoms with Gasteiger partial charge >= 0.3 is 5.97 Å². The second-order valence-electron chi connectivity index (χ2n) is 2.82. The van der Waals surface area contributed by atoms with E-state index >= 15 is 0 Å². The number of carbonyl (C=O) groups excluding carboxylic acids is 1. The molecule has 5 N–H and O–H groups in total. The van der Waals surface area contributed by atoms with Gasteiger partial charge in [0.25, 0.3) is 0 Å². The molecule has 0 radical (unpaired) electrons. The van der Waals surface area contributed by atoms with Crippen molar-refractivity contribution in [2.45, 2.75) is 31.3 Å². The van der Waals surface area contributed by atoms with E-state index < -0.39 is 36.2 Å². The quantitative estimate of drug-likeness (QED) is 0.327. The zero-order valence-electron chi connectivity index (χ0n) is 7.36. The van der Waals surface area contributed by atoms with Crippen LogP contribution in [0, 0.1) is 0 Å². The van der Waals surface area contributed by atoms with Crippen LogP contribution in [0.2, 0.25) is 0 Å². The molecule has 0 spiro atoms. The van der Waals surface area contributed by atoms with E-state index in [9.17, 15) is 9.59 Å². The number of ketones is 1. The second kappa shape index (κ2) is 5.01. The summed E-state index contributed by atoms with van der Waals surface area (Å²) >= 11 is 0. The lowest BCUT2D eigenvalue weighted by atomic mass is 10.0. The largest absolute Gasteiger partial charge is 0.479 e. The third-order valence-corrected chi connectivity index (χ3v) is 1.67. The lowest BCUT2D eigenvalue weighted by Gasteiger charge is -2.22. The zero-order valence-corrected chi connectivity index (χ0v) is 7.36. The van der Waals surface area contributed by atoms with Crippen LogP contribution in [-0.2, 0) is 9.59 Å². The molecule has 0 heterocycles. The SMILES string of the molecule is CC(=O)[C@H](O)[C@@H](O)[C@@H](O)[C@H](O)C(=O)O. The van der Waals surface area contributed by atoms with Crippen LogP contribution in [0.3, 0.4) is 0 Å². The van der Waals surface area contributed by atoms with Crippen molar-refractivity contribution in [2.24, 2.45) is 0 Å². The van der Waals surface area contributed by atoms with Crippen LogP contribution in [0.5, 0.6) is 0 Å². The van der Waals surface area contributed by atoms with Crippen molar-refractivity contribution < 1.29 is 35.1 Å². The lowest BCUT2D eigenvalue weighted by molar-refractivity contribution is -0.165. The summed E-state index contributed by atoms with van der Waals surface area (Å²) in [5.41, 5.74) is 0. The first-order chi connectivity index (χ1) is 6.29. The van der Waals surface area contributed by atoms with Gasteiger partial charge in [-0.05, 0) is 6.92 Å². The summed E-state index contributed by atoms with van der Waals surface area (Å²) in [7, 11) is 0. The van der Waals surface area contributed by atoms with Crippen molar-refractivity contribution in [1.29, 1.82) is 0 Å². The van der Waals surface area contributed by atoms with Crippen molar-refractivity contribution >= 4 is 11.8 Å². The average molecular weight is 208 g/mol. The molecule has 0 aromatic rings. The van der Waals surface area contributed by atoms with Crippen LogP contribution >= 0.6 is 0 Å². The van der Waals surface area contributed by atoms with Gasteiger partial charge in [-0.15, -0.1) is 0 Å². The molecular weight excluding hydrogens is 196 g/mol. The van der Waals surface area contributed by atoms with Gasteiger partial charge in [0.2, 0.25) is 0 Å². The van der Waals surface area contributed by atoms with Gasteiger partial charge in [0.05, 0.1) is 0 Å². The summed E-state index contributed by atoms with van der Waals surface area (Å²) in [6.45, 7) is 0.952. The summed E-state index contributed by atoms with van der Waals surface area (Å²) in [5.74, 6) is -2.60. The van der Waals surface area contributed by atoms with Crippen LogP contribution in [0.25, 0.3) is 0 Å². The molecule has 0 amide bonds. The number of Topliss-reactive ketones (excluding diaryl/α,β-unsaturated/α-hetero) is 1. The summed E-state index contributed by atoms with van der Waals surface area (Å²) in [5, 5.41) is 43.9. The minimum atomic E-state index is -2.25. The summed E-state index contributed by atoms with van der Waals surface area (Å²) in [6, 6.07) is 0. The molecule has 0 aliphatic rings. The molecule has 0 fully saturated rings. The molecule has 0 unspecified atom stereocenters. The number of carbonyl (C=O) groups is 2. The highest BCUT2D eigenvalue weighted by Gasteiger charge is 2.35. The minimum absolute atomic E-state index is 0.839. The van der Waals surface area contributed by atoms with E-state index in [1.54, 1.807) is 0 Å². The Kier molecular flexibility index (Phi) is 4.64. The minimum Gasteiger partial charge on any atom is -0.479 e. The molecule has 14 heavy (non-hydrogen) atoms. The van der Waals surface area contributed by atoms with Gasteiger partial charge in [0, 0.05) is 0 Å². The maximum Gasteiger partial charge on any atom is 0.335 e. The van der Waals surface area contributed by atoms with E-state index in [0.717, 1.165) is 6.92 Å². The molecule has 0 aromatic carbocycles. The lowest BCUT2D eigenvalue weighted by Crippen LogP contribution is -2.49. The van der Waals surface area contributed by atoms with E-state index in [0.29, 0.717) is 0 Å². The van der Waals surface area contributed by atoms with Gasteiger partial charge in [0.1, 0.15) is 18.3 Å². The van der Waals surface area contributed by atoms with Crippen molar-refractivity contribution in [3.05, 3.63) is 0 Å². The number of carboxylic acid groups (broad SMARTS) is 1. The average Bonchev–Trinajstić information content (AvgIpc) is 2.12. The van der Waals surface area contributed by atoms with Crippen LogP contribution in [0.15, 0.2) is 0 Å². The molecule has 0 aromatic heterocycles. The topological polar surface area (TPSA) is 135 Å². The van der Waals surface area contributed by atoms with Crippen LogP contribution in [0.4, 0.5) is 0 Å². The van der Waals surface area contributed by atoms with Crippen LogP contribution in [0.1, 0.15) is 6.92 Å². The number of carboxylic acids is 1. The summed E-state index contributed by atoms with van der Waals surface area (Å²) in [4.78, 5) is 20.7. The maximum absolute atomic E-state index is 10.5. The molecular formula is C7H12O7. The smallest absolute Gasteiger partial charge is 0.335 e. The maximum atomic E-state index is 10.5. The first-order valence-electron chi connectivity index (χ1n) is 3.74. The molecule has 0 bridgehead atoms. The van der Waals surface area contributed by atoms with Crippen molar-refractivity contribution in [2.75, 3.05) is 0 Å². The van der Waals surface area contributed by atoms with E-state index in [1.807, 2.05) is 0 Å². The van der Waals surface area contributed by atoms with Gasteiger partial charge in [-0.2, -0.15) is 0 Å². The number of aliphatic carboxylic acids is 1. The first-order valence-corrected chi connectivity index (χ1v) is 3.74. The van der Waals surface area contributed by atoms with Crippen LogP contribution < -0.4 is 0 Å². The van der Waals surface area contributed by atoms with Gasteiger partial charge in [-0.25, -0.2) is 4.79 Å². The van der Waals surface area contributed by atoms with Gasteiger partial charge in [-0.1, -0.05) is 0 Å². The van der Waals surface area contributed by atoms with Crippen molar-refractivity contribution in [1.82, 2.24) is 0 Å². The molecule has 4 atom stereocenters. The predicted octanol–water partition coefficient (Wildman–Crippen LogP) is -2.90. The highest BCUT2D eigenvalue weighted by Crippen LogP contribution is 2.06. The Bertz CT molecular complexity index is 202. The van der Waals surface area contributed by atoms with Crippen molar-refractivity contribution in [3.63, 3.8) is 0 Å². The van der Waals surface area contributed by atoms with Gasteiger partial charge in [-0.3, -0.25) is 4.79 Å². The van der Waals surface area contributed by atoms with Gasteiger partial charge < -0.3 is 25.5 Å². The monoisotopic (exact) mass is 208 g/mol. The number of hydrogen-bond donors (Lipinski definition) is 5. The third-order valence-electron chi connectivity index (χ3n) is 1.67. The standard InChI is InChI=1S/C7H12O7/c1-2(8)3(9)4(10)5(11)6(12)7(13)14/h3-6,9-12H,1H3,(H,13,14)/t3-,4+,5+,6-/m0/s1. The fourth-order valence-corrected chi connectivity index (χ4v) is 0.760. The number of rotatable bonds is 5. The van der Waals surface area contributed by atoms with E-state index in [-0.39, 0.29) is 0 Å². The predicted molar refractivity (Wildman–Crippen MR) is 42.3 cm³/mol. The van der Waals surface area contributed by atoms with Crippen molar-refractivity contribution in [3.8, 4) is 0 Å². The van der Waals surface area contributed by atoms with E-state index in [4.69, 9.17) is 25.5 Å². The Hall–Kier alpha value is -1.02. The molecule has 7 heteroatoms. The molecule has 82 valence electrons. The molecule has 0 aliphatic heterocycles. The molecule has 0 saturated heterocycles. The fourth-order valence-electron chi connectivity index (χ4n) is 0.760. The Morgan fingerprint density at radius 2 is 1.29 bits per heavy atom. The Labute approximate surface area is 79.2 Å². The fraction of sp³-hybridized carbons (Fsp3) is 0.714. The first kappa shape index (κ1) is 13.0. The number of aliphatic hydroxyl groups is 4. The third kappa shape index (κ3) is 3.04. The van der Waals surface area contributed by atoms with E-state index in [1.165, 1.54) is 0 Å². The molecule has 0 aliphatic carbocycles. The highest BCUT2D eigenvalue weighted by atomic mass is 16.4. The number of aliphatic hydroxyl groups excluding tert-OH is 4. The van der Waals surface area contributed by atoms with E-state index in [2.05, 4.69) is 0 Å². The van der Waals surface area contributed by atoms with Gasteiger partial charge in [0.15, 0.2) is 11.9 Å². The highest BCUT2D eigenvalue weighted by molar-refractivity contribution is 5.81. The summed E-state index contributed by atoms with van der Waals surface area (Å²) < 4.78 is 0. The molecule has 0 saturated carbocycles. The molecule has 0 rings (SSSR count). The Morgan fingerprint density at radius 1 is 0.929 bits per heavy atom. The Balaban J connectivity index is 4.45. The second-order valence-corrected chi connectivity index (χ2v) is 2.82. The normalized spacial score (nSPS) is 19.5. The Morgan fingerprint density at radius 3 is 1.57 bits per heavy atom. The summed E-state index contributed by atoms with van der Waals surface area (Å²) in [6.07, 6.45) is -8.32. The number of hydrogen-bond acceptors (Lipinski definition) is 6.